The summed E-state index contributed by atoms with van der Waals surface area (Å²) in [6, 6.07) is 2.78. The number of carbonyl (C=O) groups excluding carboxylic acids is 2. The molecule has 7 nitrogen and oxygen atoms in total. The summed E-state index contributed by atoms with van der Waals surface area (Å²) < 4.78 is 19.0. The molecule has 0 spiro atoms. The number of pyridine rings is 1. The molecule has 9 heteroatoms. The molecule has 2 N–H and O–H groups in total. The molecule has 2 heterocycles. The molecule has 2 rings (SSSR count). The van der Waals surface area contributed by atoms with Crippen LogP contribution in [0.2, 0.25) is 0 Å². The van der Waals surface area contributed by atoms with Crippen LogP contribution >= 0.6 is 11.3 Å². The third kappa shape index (κ3) is 5.75. The van der Waals surface area contributed by atoms with Gasteiger partial charge >= 0.3 is 6.09 Å². The molecule has 0 atom stereocenters. The Morgan fingerprint density at radius 2 is 1.83 bits per heavy atom. The van der Waals surface area contributed by atoms with E-state index in [9.17, 15) is 14.0 Å². The molecule has 2 amide bonds. The van der Waals surface area contributed by atoms with Crippen molar-refractivity contribution in [2.24, 2.45) is 0 Å². The maximum Gasteiger partial charge on any atom is 0.408 e. The Kier molecular flexibility index (Phi) is 6.86. The Labute approximate surface area is 180 Å². The molecular formula is C21H29FN4O3S. The van der Waals surface area contributed by atoms with Gasteiger partial charge in [0.15, 0.2) is 0 Å². The minimum absolute atomic E-state index is 0.0343. The molecule has 0 saturated carbocycles. The monoisotopic (exact) mass is 436 g/mol. The summed E-state index contributed by atoms with van der Waals surface area (Å²) in [7, 11) is 0. The summed E-state index contributed by atoms with van der Waals surface area (Å²) in [6.07, 6.45) is 0.945. The van der Waals surface area contributed by atoms with Gasteiger partial charge in [-0.2, -0.15) is 0 Å². The van der Waals surface area contributed by atoms with Crippen LogP contribution in [0.15, 0.2) is 23.7 Å². The molecule has 0 aliphatic rings. The molecule has 0 aliphatic carbocycles. The van der Waals surface area contributed by atoms with Crippen LogP contribution in [0.5, 0.6) is 0 Å². The van der Waals surface area contributed by atoms with Crippen LogP contribution in [-0.4, -0.2) is 33.1 Å². The molecule has 0 aliphatic heterocycles. The highest BCUT2D eigenvalue weighted by molar-refractivity contribution is 7.10. The number of hydrogen-bond acceptors (Lipinski definition) is 6. The van der Waals surface area contributed by atoms with Crippen molar-refractivity contribution in [3.8, 4) is 0 Å². The number of rotatable bonds is 6. The Balaban J connectivity index is 2.09. The van der Waals surface area contributed by atoms with E-state index < -0.39 is 34.4 Å². The van der Waals surface area contributed by atoms with E-state index in [2.05, 4.69) is 20.6 Å². The fourth-order valence-electron chi connectivity index (χ4n) is 2.45. The maximum atomic E-state index is 13.7. The minimum Gasteiger partial charge on any atom is -0.444 e. The van der Waals surface area contributed by atoms with Crippen LogP contribution in [0.25, 0.3) is 0 Å². The van der Waals surface area contributed by atoms with Crippen molar-refractivity contribution < 1.29 is 18.7 Å². The number of thiazole rings is 1. The van der Waals surface area contributed by atoms with Crippen molar-refractivity contribution in [3.63, 3.8) is 0 Å². The van der Waals surface area contributed by atoms with Crippen molar-refractivity contribution in [1.82, 2.24) is 20.6 Å². The summed E-state index contributed by atoms with van der Waals surface area (Å²) >= 11 is 1.32. The standard InChI is InChI=1S/C21H29FN4O3S/c1-19(2,3)29-18(28)26-21(6,7)20(4,5)17-25-15(12-30-17)16(27)24-11-14-13(22)9-8-10-23-14/h8-10,12H,11H2,1-7H3,(H,24,27)(H,26,28). The number of nitrogens with one attached hydrogen (secondary N) is 2. The van der Waals surface area contributed by atoms with Gasteiger partial charge in [-0.3, -0.25) is 9.78 Å². The van der Waals surface area contributed by atoms with Crippen molar-refractivity contribution in [1.29, 1.82) is 0 Å². The highest BCUT2D eigenvalue weighted by Crippen LogP contribution is 2.36. The number of halogens is 1. The summed E-state index contributed by atoms with van der Waals surface area (Å²) in [5.74, 6) is -0.899. The Morgan fingerprint density at radius 3 is 2.43 bits per heavy atom. The largest absolute Gasteiger partial charge is 0.444 e. The van der Waals surface area contributed by atoms with Crippen LogP contribution in [0.4, 0.5) is 9.18 Å². The zero-order chi connectivity index (χ0) is 22.7. The van der Waals surface area contributed by atoms with Gasteiger partial charge in [0.05, 0.1) is 12.2 Å². The lowest BCUT2D eigenvalue weighted by Gasteiger charge is -2.41. The molecule has 0 fully saturated rings. The van der Waals surface area contributed by atoms with E-state index in [-0.39, 0.29) is 17.9 Å². The molecule has 2 aromatic rings. The number of aromatic nitrogens is 2. The van der Waals surface area contributed by atoms with E-state index >= 15 is 0 Å². The van der Waals surface area contributed by atoms with E-state index in [0.717, 1.165) is 0 Å². The molecule has 0 aromatic carbocycles. The molecule has 0 saturated heterocycles. The Hall–Kier alpha value is -2.55. The first-order valence-electron chi connectivity index (χ1n) is 9.58. The number of hydrogen-bond donors (Lipinski definition) is 2. The lowest BCUT2D eigenvalue weighted by molar-refractivity contribution is 0.0427. The van der Waals surface area contributed by atoms with E-state index in [1.54, 1.807) is 26.2 Å². The van der Waals surface area contributed by atoms with Crippen molar-refractivity contribution in [2.45, 2.75) is 71.6 Å². The second-order valence-corrected chi connectivity index (χ2v) is 9.89. The number of amides is 2. The molecule has 30 heavy (non-hydrogen) atoms. The lowest BCUT2D eigenvalue weighted by atomic mass is 9.75. The molecule has 2 aromatic heterocycles. The van der Waals surface area contributed by atoms with Crippen molar-refractivity contribution in [3.05, 3.63) is 45.9 Å². The van der Waals surface area contributed by atoms with Gasteiger partial charge in [0, 0.05) is 22.5 Å². The number of alkyl carbamates (subject to hydrolysis) is 1. The van der Waals surface area contributed by atoms with Gasteiger partial charge in [0.1, 0.15) is 22.1 Å². The third-order valence-electron chi connectivity index (χ3n) is 4.90. The van der Waals surface area contributed by atoms with Gasteiger partial charge < -0.3 is 15.4 Å². The molecule has 164 valence electrons. The van der Waals surface area contributed by atoms with E-state index in [1.165, 1.54) is 29.7 Å². The fourth-order valence-corrected chi connectivity index (χ4v) is 3.53. The van der Waals surface area contributed by atoms with Crippen LogP contribution in [0.3, 0.4) is 0 Å². The van der Waals surface area contributed by atoms with Crippen molar-refractivity contribution >= 4 is 23.3 Å². The quantitative estimate of drug-likeness (QED) is 0.708. The molecular weight excluding hydrogens is 407 g/mol. The van der Waals surface area contributed by atoms with Gasteiger partial charge in [-0.25, -0.2) is 14.2 Å². The van der Waals surface area contributed by atoms with E-state index in [0.29, 0.717) is 5.01 Å². The molecule has 0 bridgehead atoms. The van der Waals surface area contributed by atoms with Gasteiger partial charge in [-0.05, 0) is 46.8 Å². The van der Waals surface area contributed by atoms with Gasteiger partial charge in [0.2, 0.25) is 0 Å². The normalized spacial score (nSPS) is 12.4. The highest BCUT2D eigenvalue weighted by Gasteiger charge is 2.43. The first-order valence-corrected chi connectivity index (χ1v) is 10.5. The van der Waals surface area contributed by atoms with Gasteiger partial charge in [-0.15, -0.1) is 11.3 Å². The smallest absolute Gasteiger partial charge is 0.408 e. The first kappa shape index (κ1) is 23.7. The van der Waals surface area contributed by atoms with Gasteiger partial charge in [0.25, 0.3) is 5.91 Å². The Morgan fingerprint density at radius 1 is 1.17 bits per heavy atom. The second-order valence-electron chi connectivity index (χ2n) is 9.03. The minimum atomic E-state index is -0.710. The summed E-state index contributed by atoms with van der Waals surface area (Å²) in [5, 5.41) is 7.85. The second kappa shape index (κ2) is 8.67. The number of ether oxygens (including phenoxy) is 1. The Bertz CT molecular complexity index is 919. The molecule has 0 unspecified atom stereocenters. The maximum absolute atomic E-state index is 13.7. The van der Waals surface area contributed by atoms with Crippen LogP contribution < -0.4 is 10.6 Å². The predicted octanol–water partition coefficient (Wildman–Crippen LogP) is 4.19. The third-order valence-corrected chi connectivity index (χ3v) is 6.06. The average Bonchev–Trinajstić information content (AvgIpc) is 3.09. The number of carbonyl (C=O) groups is 2. The van der Waals surface area contributed by atoms with E-state index in [1.807, 2.05) is 27.7 Å². The van der Waals surface area contributed by atoms with Crippen molar-refractivity contribution in [2.75, 3.05) is 0 Å². The summed E-state index contributed by atoms with van der Waals surface area (Å²) in [5.41, 5.74) is -1.53. The van der Waals surface area contributed by atoms with Crippen LogP contribution in [-0.2, 0) is 16.7 Å². The topological polar surface area (TPSA) is 93.2 Å². The number of nitrogens with zero attached hydrogens (tertiary/aromatic N) is 2. The molecule has 0 radical (unpaired) electrons. The first-order chi connectivity index (χ1) is 13.7. The van der Waals surface area contributed by atoms with E-state index in [4.69, 9.17) is 4.74 Å². The van der Waals surface area contributed by atoms with Crippen LogP contribution in [0.1, 0.15) is 69.7 Å². The predicted molar refractivity (Wildman–Crippen MR) is 114 cm³/mol. The zero-order valence-corrected chi connectivity index (χ0v) is 19.2. The lowest BCUT2D eigenvalue weighted by Crippen LogP contribution is -2.56. The zero-order valence-electron chi connectivity index (χ0n) is 18.4. The SMILES string of the molecule is CC(C)(C)OC(=O)NC(C)(C)C(C)(C)c1nc(C(=O)NCc2ncccc2F)cs1. The van der Waals surface area contributed by atoms with Crippen LogP contribution in [0, 0.1) is 5.82 Å². The summed E-state index contributed by atoms with van der Waals surface area (Å²) in [6.45, 7) is 13.0. The average molecular weight is 437 g/mol. The van der Waals surface area contributed by atoms with Gasteiger partial charge in [-0.1, -0.05) is 13.8 Å². The summed E-state index contributed by atoms with van der Waals surface area (Å²) in [4.78, 5) is 33.1. The fraction of sp³-hybridized carbons (Fsp3) is 0.524. The highest BCUT2D eigenvalue weighted by atomic mass is 32.1.